The molecule has 0 spiro atoms. The van der Waals surface area contributed by atoms with Gasteiger partial charge in [0.1, 0.15) is 5.75 Å². The standard InChI is InChI=1S/C10H10BrF3O2/c1-5(15)6-3-7(10(12,13)14)9(16-2)8(11)4-6/h3-5,15H,1-2H3. The molecule has 0 fully saturated rings. The summed E-state index contributed by atoms with van der Waals surface area (Å²) in [6.07, 6.45) is -5.48. The molecule has 0 radical (unpaired) electrons. The molecular formula is C10H10BrF3O2. The zero-order chi connectivity index (χ0) is 12.5. The molecule has 1 N–H and O–H groups in total. The highest BCUT2D eigenvalue weighted by atomic mass is 79.9. The second-order valence-corrected chi connectivity index (χ2v) is 4.11. The molecule has 1 unspecified atom stereocenters. The number of aliphatic hydroxyl groups is 1. The van der Waals surface area contributed by atoms with Crippen LogP contribution in [0.2, 0.25) is 0 Å². The molecule has 1 rings (SSSR count). The Hall–Kier alpha value is -0.750. The highest BCUT2D eigenvalue weighted by Gasteiger charge is 2.36. The van der Waals surface area contributed by atoms with E-state index in [2.05, 4.69) is 20.7 Å². The van der Waals surface area contributed by atoms with Gasteiger partial charge in [0.2, 0.25) is 0 Å². The van der Waals surface area contributed by atoms with Crippen molar-refractivity contribution < 1.29 is 23.0 Å². The van der Waals surface area contributed by atoms with E-state index in [4.69, 9.17) is 0 Å². The minimum Gasteiger partial charge on any atom is -0.495 e. The summed E-state index contributed by atoms with van der Waals surface area (Å²) in [5.41, 5.74) is -0.722. The van der Waals surface area contributed by atoms with Gasteiger partial charge in [0.25, 0.3) is 0 Å². The van der Waals surface area contributed by atoms with E-state index in [1.165, 1.54) is 13.0 Å². The number of benzene rings is 1. The van der Waals surface area contributed by atoms with Crippen molar-refractivity contribution in [3.63, 3.8) is 0 Å². The van der Waals surface area contributed by atoms with Gasteiger partial charge in [-0.3, -0.25) is 0 Å². The Bertz CT molecular complexity index is 388. The molecule has 0 bridgehead atoms. The number of methoxy groups -OCH3 is 1. The van der Waals surface area contributed by atoms with Gasteiger partial charge in [0.15, 0.2) is 0 Å². The quantitative estimate of drug-likeness (QED) is 0.905. The Morgan fingerprint density at radius 2 is 1.94 bits per heavy atom. The van der Waals surface area contributed by atoms with Crippen LogP contribution in [-0.4, -0.2) is 12.2 Å². The molecule has 0 amide bonds. The normalized spacial score (nSPS) is 13.7. The van der Waals surface area contributed by atoms with Crippen molar-refractivity contribution >= 4 is 15.9 Å². The Morgan fingerprint density at radius 1 is 1.38 bits per heavy atom. The summed E-state index contributed by atoms with van der Waals surface area (Å²) < 4.78 is 42.9. The number of alkyl halides is 3. The zero-order valence-electron chi connectivity index (χ0n) is 8.60. The van der Waals surface area contributed by atoms with Crippen LogP contribution in [0.1, 0.15) is 24.2 Å². The monoisotopic (exact) mass is 298 g/mol. The van der Waals surface area contributed by atoms with Crippen molar-refractivity contribution in [3.05, 3.63) is 27.7 Å². The van der Waals surface area contributed by atoms with Gasteiger partial charge >= 0.3 is 6.18 Å². The molecule has 90 valence electrons. The first-order valence-corrected chi connectivity index (χ1v) is 5.19. The van der Waals surface area contributed by atoms with Crippen molar-refractivity contribution in [2.75, 3.05) is 7.11 Å². The second-order valence-electron chi connectivity index (χ2n) is 3.26. The predicted octanol–water partition coefficient (Wildman–Crippen LogP) is 3.53. The highest BCUT2D eigenvalue weighted by Crippen LogP contribution is 2.41. The first-order valence-electron chi connectivity index (χ1n) is 4.40. The summed E-state index contributed by atoms with van der Waals surface area (Å²) in [5, 5.41) is 9.27. The van der Waals surface area contributed by atoms with Crippen LogP contribution in [0, 0.1) is 0 Å². The molecular weight excluding hydrogens is 289 g/mol. The van der Waals surface area contributed by atoms with Gasteiger partial charge in [-0.25, -0.2) is 0 Å². The van der Waals surface area contributed by atoms with Crippen LogP contribution in [-0.2, 0) is 6.18 Å². The predicted molar refractivity (Wildman–Crippen MR) is 56.3 cm³/mol. The molecule has 0 aliphatic rings. The molecule has 1 aromatic carbocycles. The largest absolute Gasteiger partial charge is 0.495 e. The van der Waals surface area contributed by atoms with Crippen LogP contribution in [0.25, 0.3) is 0 Å². The molecule has 0 aliphatic heterocycles. The third kappa shape index (κ3) is 2.68. The van der Waals surface area contributed by atoms with Crippen LogP contribution in [0.3, 0.4) is 0 Å². The number of halogens is 4. The molecule has 0 aliphatic carbocycles. The van der Waals surface area contributed by atoms with Gasteiger partial charge in [-0.15, -0.1) is 0 Å². The number of hydrogen-bond acceptors (Lipinski definition) is 2. The van der Waals surface area contributed by atoms with Crippen molar-refractivity contribution in [3.8, 4) is 5.75 Å². The minimum absolute atomic E-state index is 0.167. The average Bonchev–Trinajstić information content (AvgIpc) is 2.14. The third-order valence-corrected chi connectivity index (χ3v) is 2.65. The maximum atomic E-state index is 12.7. The average molecular weight is 299 g/mol. The van der Waals surface area contributed by atoms with E-state index in [1.54, 1.807) is 0 Å². The van der Waals surface area contributed by atoms with Crippen LogP contribution >= 0.6 is 15.9 Å². The number of hydrogen-bond donors (Lipinski definition) is 1. The molecule has 1 atom stereocenters. The third-order valence-electron chi connectivity index (χ3n) is 2.06. The maximum absolute atomic E-state index is 12.7. The van der Waals surface area contributed by atoms with Crippen molar-refractivity contribution in [1.82, 2.24) is 0 Å². The van der Waals surface area contributed by atoms with E-state index in [9.17, 15) is 18.3 Å². The topological polar surface area (TPSA) is 29.5 Å². The molecule has 0 heterocycles. The van der Waals surface area contributed by atoms with Crippen molar-refractivity contribution in [1.29, 1.82) is 0 Å². The Labute approximate surface area is 99.2 Å². The van der Waals surface area contributed by atoms with Crippen molar-refractivity contribution in [2.45, 2.75) is 19.2 Å². The van der Waals surface area contributed by atoms with Gasteiger partial charge < -0.3 is 9.84 Å². The summed E-state index contributed by atoms with van der Waals surface area (Å²) >= 11 is 2.98. The maximum Gasteiger partial charge on any atom is 0.420 e. The van der Waals surface area contributed by atoms with Crippen molar-refractivity contribution in [2.24, 2.45) is 0 Å². The van der Waals surface area contributed by atoms with E-state index >= 15 is 0 Å². The van der Waals surface area contributed by atoms with E-state index in [0.717, 1.165) is 13.2 Å². The summed E-state index contributed by atoms with van der Waals surface area (Å²) in [6.45, 7) is 1.40. The van der Waals surface area contributed by atoms with Gasteiger partial charge in [-0.05, 0) is 40.5 Å². The van der Waals surface area contributed by atoms with E-state index in [0.29, 0.717) is 0 Å². The van der Waals surface area contributed by atoms with Gasteiger partial charge in [-0.2, -0.15) is 13.2 Å². The Morgan fingerprint density at radius 3 is 2.31 bits per heavy atom. The lowest BCUT2D eigenvalue weighted by Crippen LogP contribution is -2.09. The molecule has 0 saturated heterocycles. The highest BCUT2D eigenvalue weighted by molar-refractivity contribution is 9.10. The molecule has 6 heteroatoms. The summed E-state index contributed by atoms with van der Waals surface area (Å²) in [4.78, 5) is 0. The second kappa shape index (κ2) is 4.63. The number of aliphatic hydroxyl groups excluding tert-OH is 1. The summed E-state index contributed by atoms with van der Waals surface area (Å²) in [7, 11) is 1.16. The summed E-state index contributed by atoms with van der Waals surface area (Å²) in [6, 6.07) is 2.28. The van der Waals surface area contributed by atoms with Gasteiger partial charge in [0, 0.05) is 0 Å². The lowest BCUT2D eigenvalue weighted by molar-refractivity contribution is -0.138. The Kier molecular flexibility index (Phi) is 3.85. The zero-order valence-corrected chi connectivity index (χ0v) is 10.2. The molecule has 1 aromatic rings. The lowest BCUT2D eigenvalue weighted by atomic mass is 10.1. The molecule has 0 saturated carbocycles. The molecule has 16 heavy (non-hydrogen) atoms. The molecule has 2 nitrogen and oxygen atoms in total. The first kappa shape index (κ1) is 13.3. The first-order chi connectivity index (χ1) is 7.27. The van der Waals surface area contributed by atoms with Crippen LogP contribution in [0.4, 0.5) is 13.2 Å². The van der Waals surface area contributed by atoms with Crippen LogP contribution in [0.15, 0.2) is 16.6 Å². The van der Waals surface area contributed by atoms with Crippen LogP contribution < -0.4 is 4.74 Å². The fourth-order valence-corrected chi connectivity index (χ4v) is 1.91. The van der Waals surface area contributed by atoms with Gasteiger partial charge in [0.05, 0.1) is 23.2 Å². The lowest BCUT2D eigenvalue weighted by Gasteiger charge is -2.16. The summed E-state index contributed by atoms with van der Waals surface area (Å²) in [5.74, 6) is -0.281. The van der Waals surface area contributed by atoms with E-state index in [1.807, 2.05) is 0 Å². The number of rotatable bonds is 2. The number of ether oxygens (including phenoxy) is 1. The van der Waals surface area contributed by atoms with Gasteiger partial charge in [-0.1, -0.05) is 0 Å². The smallest absolute Gasteiger partial charge is 0.420 e. The Balaban J connectivity index is 3.43. The fourth-order valence-electron chi connectivity index (χ4n) is 1.27. The van der Waals surface area contributed by atoms with E-state index < -0.39 is 17.8 Å². The minimum atomic E-state index is -4.52. The van der Waals surface area contributed by atoms with Crippen LogP contribution in [0.5, 0.6) is 5.75 Å². The fraction of sp³-hybridized carbons (Fsp3) is 0.400. The SMILES string of the molecule is COc1c(Br)cc(C(C)O)cc1C(F)(F)F. The van der Waals surface area contributed by atoms with E-state index in [-0.39, 0.29) is 15.8 Å². The molecule has 0 aromatic heterocycles.